The molecule has 0 saturated heterocycles. The summed E-state index contributed by atoms with van der Waals surface area (Å²) in [6.07, 6.45) is 2.90. The summed E-state index contributed by atoms with van der Waals surface area (Å²) in [4.78, 5) is 10.5. The Hall–Kier alpha value is -0.700. The highest BCUT2D eigenvalue weighted by atomic mass is 35.5. The Balaban J connectivity index is 2.81. The van der Waals surface area contributed by atoms with Gasteiger partial charge in [-0.15, -0.1) is 11.6 Å². The third-order valence-electron chi connectivity index (χ3n) is 0.970. The van der Waals surface area contributed by atoms with Crippen molar-refractivity contribution in [1.29, 1.82) is 0 Å². The van der Waals surface area contributed by atoms with Crippen LogP contribution in [0.3, 0.4) is 0 Å². The standard InChI is InChI=1S/C5H6ClNO2/c6-1-2-7-3-4-9-5(7)8/h3-4H,1-2H2. The molecule has 0 aliphatic carbocycles. The molecule has 0 atom stereocenters. The van der Waals surface area contributed by atoms with Crippen LogP contribution in [0.2, 0.25) is 0 Å². The molecule has 0 N–H and O–H groups in total. The zero-order valence-electron chi connectivity index (χ0n) is 4.71. The van der Waals surface area contributed by atoms with Gasteiger partial charge in [0.05, 0.1) is 0 Å². The summed E-state index contributed by atoms with van der Waals surface area (Å²) in [5.74, 6) is 0.0788. The molecule has 9 heavy (non-hydrogen) atoms. The fraction of sp³-hybridized carbons (Fsp3) is 0.400. The summed E-state index contributed by atoms with van der Waals surface area (Å²) in [5, 5.41) is 0. The number of halogens is 1. The number of hydrogen-bond donors (Lipinski definition) is 0. The number of oxazole rings is 1. The van der Waals surface area contributed by atoms with E-state index in [4.69, 9.17) is 11.6 Å². The van der Waals surface area contributed by atoms with E-state index >= 15 is 0 Å². The third-order valence-corrected chi connectivity index (χ3v) is 1.14. The van der Waals surface area contributed by atoms with E-state index in [-0.39, 0.29) is 5.76 Å². The normalized spacial score (nSPS) is 9.89. The molecule has 0 aliphatic heterocycles. The predicted molar refractivity (Wildman–Crippen MR) is 33.7 cm³/mol. The summed E-state index contributed by atoms with van der Waals surface area (Å²) in [5.41, 5.74) is 0. The van der Waals surface area contributed by atoms with Crippen molar-refractivity contribution < 1.29 is 4.42 Å². The molecule has 50 valence electrons. The molecule has 0 fully saturated rings. The maximum atomic E-state index is 10.5. The maximum absolute atomic E-state index is 10.5. The van der Waals surface area contributed by atoms with Crippen molar-refractivity contribution >= 4 is 11.6 Å². The van der Waals surface area contributed by atoms with E-state index in [1.54, 1.807) is 6.20 Å². The number of nitrogens with zero attached hydrogens (tertiary/aromatic N) is 1. The molecule has 1 aromatic rings. The lowest BCUT2D eigenvalue weighted by molar-refractivity contribution is 0.484. The van der Waals surface area contributed by atoms with Gasteiger partial charge in [0.2, 0.25) is 0 Å². The predicted octanol–water partition coefficient (Wildman–Crippen LogP) is 0.680. The van der Waals surface area contributed by atoms with Gasteiger partial charge >= 0.3 is 5.76 Å². The van der Waals surface area contributed by atoms with Gasteiger partial charge in [0.15, 0.2) is 0 Å². The quantitative estimate of drug-likeness (QED) is 0.577. The molecular weight excluding hydrogens is 142 g/mol. The van der Waals surface area contributed by atoms with Crippen LogP contribution in [0.15, 0.2) is 21.7 Å². The largest absolute Gasteiger partial charge is 0.418 e. The lowest BCUT2D eigenvalue weighted by Crippen LogP contribution is -2.13. The summed E-state index contributed by atoms with van der Waals surface area (Å²) in [7, 11) is 0. The van der Waals surface area contributed by atoms with E-state index in [2.05, 4.69) is 4.42 Å². The minimum absolute atomic E-state index is 0.351. The van der Waals surface area contributed by atoms with Crippen molar-refractivity contribution in [1.82, 2.24) is 4.57 Å². The van der Waals surface area contributed by atoms with Crippen LogP contribution in [0, 0.1) is 0 Å². The first-order valence-electron chi connectivity index (χ1n) is 2.54. The number of hydrogen-bond acceptors (Lipinski definition) is 2. The second-order valence-electron chi connectivity index (χ2n) is 1.55. The van der Waals surface area contributed by atoms with Gasteiger partial charge in [0.25, 0.3) is 0 Å². The molecule has 1 aromatic heterocycles. The summed E-state index contributed by atoms with van der Waals surface area (Å²) in [6, 6.07) is 0. The molecule has 0 aliphatic rings. The van der Waals surface area contributed by atoms with Crippen LogP contribution in [-0.2, 0) is 6.54 Å². The second kappa shape index (κ2) is 2.73. The molecule has 0 unspecified atom stereocenters. The highest BCUT2D eigenvalue weighted by molar-refractivity contribution is 6.17. The fourth-order valence-corrected chi connectivity index (χ4v) is 0.730. The van der Waals surface area contributed by atoms with E-state index in [0.717, 1.165) is 0 Å². The van der Waals surface area contributed by atoms with E-state index in [1.807, 2.05) is 0 Å². The van der Waals surface area contributed by atoms with Gasteiger partial charge in [0.1, 0.15) is 6.26 Å². The maximum Gasteiger partial charge on any atom is 0.418 e. The average Bonchev–Trinajstić information content (AvgIpc) is 2.18. The Labute approximate surface area is 56.9 Å². The van der Waals surface area contributed by atoms with Gasteiger partial charge in [0, 0.05) is 18.6 Å². The van der Waals surface area contributed by atoms with Crippen LogP contribution in [0.5, 0.6) is 0 Å². The smallest absolute Gasteiger partial charge is 0.416 e. The van der Waals surface area contributed by atoms with Crippen LogP contribution in [0.4, 0.5) is 0 Å². The topological polar surface area (TPSA) is 35.1 Å². The lowest BCUT2D eigenvalue weighted by atomic mass is 10.7. The van der Waals surface area contributed by atoms with Crippen LogP contribution in [-0.4, -0.2) is 10.4 Å². The summed E-state index contributed by atoms with van der Waals surface area (Å²) in [6.45, 7) is 0.511. The van der Waals surface area contributed by atoms with Gasteiger partial charge in [-0.25, -0.2) is 4.79 Å². The number of aryl methyl sites for hydroxylation is 1. The first-order valence-corrected chi connectivity index (χ1v) is 3.08. The molecule has 0 radical (unpaired) electrons. The van der Waals surface area contributed by atoms with Gasteiger partial charge in [-0.05, 0) is 0 Å². The summed E-state index contributed by atoms with van der Waals surface area (Å²) < 4.78 is 5.88. The van der Waals surface area contributed by atoms with Crippen molar-refractivity contribution in [3.8, 4) is 0 Å². The van der Waals surface area contributed by atoms with Gasteiger partial charge in [-0.1, -0.05) is 0 Å². The second-order valence-corrected chi connectivity index (χ2v) is 1.93. The van der Waals surface area contributed by atoms with Crippen LogP contribution >= 0.6 is 11.6 Å². The molecule has 0 spiro atoms. The van der Waals surface area contributed by atoms with Crippen molar-refractivity contribution in [2.45, 2.75) is 6.54 Å². The first-order chi connectivity index (χ1) is 4.34. The van der Waals surface area contributed by atoms with Crippen LogP contribution in [0.25, 0.3) is 0 Å². The Bertz CT molecular complexity index is 227. The fourth-order valence-electron chi connectivity index (χ4n) is 0.548. The first kappa shape index (κ1) is 6.42. The zero-order valence-corrected chi connectivity index (χ0v) is 5.47. The Morgan fingerprint density at radius 2 is 2.56 bits per heavy atom. The van der Waals surface area contributed by atoms with Crippen LogP contribution < -0.4 is 5.76 Å². The molecule has 3 nitrogen and oxygen atoms in total. The molecule has 1 heterocycles. The summed E-state index contributed by atoms with van der Waals surface area (Å²) >= 11 is 5.36. The Kier molecular flexibility index (Phi) is 1.95. The van der Waals surface area contributed by atoms with E-state index in [0.29, 0.717) is 12.4 Å². The lowest BCUT2D eigenvalue weighted by Gasteiger charge is -1.89. The van der Waals surface area contributed by atoms with Gasteiger partial charge in [-0.2, -0.15) is 0 Å². The molecule has 0 bridgehead atoms. The Morgan fingerprint density at radius 1 is 1.78 bits per heavy atom. The number of aromatic nitrogens is 1. The number of rotatable bonds is 2. The molecule has 0 amide bonds. The minimum Gasteiger partial charge on any atom is -0.416 e. The van der Waals surface area contributed by atoms with Crippen molar-refractivity contribution in [2.24, 2.45) is 0 Å². The van der Waals surface area contributed by atoms with Crippen molar-refractivity contribution in [3.63, 3.8) is 0 Å². The minimum atomic E-state index is -0.351. The van der Waals surface area contributed by atoms with Gasteiger partial charge < -0.3 is 4.42 Å². The van der Waals surface area contributed by atoms with Crippen LogP contribution in [0.1, 0.15) is 0 Å². The van der Waals surface area contributed by atoms with Crippen molar-refractivity contribution in [2.75, 3.05) is 5.88 Å². The Morgan fingerprint density at radius 3 is 3.00 bits per heavy atom. The highest BCUT2D eigenvalue weighted by Gasteiger charge is 1.93. The molecule has 1 rings (SSSR count). The molecule has 0 aromatic carbocycles. The number of alkyl halides is 1. The van der Waals surface area contributed by atoms with Crippen molar-refractivity contribution in [3.05, 3.63) is 23.0 Å². The van der Waals surface area contributed by atoms with E-state index < -0.39 is 0 Å². The highest BCUT2D eigenvalue weighted by Crippen LogP contribution is 1.83. The average molecular weight is 148 g/mol. The molecule has 0 saturated carbocycles. The van der Waals surface area contributed by atoms with E-state index in [1.165, 1.54) is 10.8 Å². The third kappa shape index (κ3) is 1.36. The van der Waals surface area contributed by atoms with Gasteiger partial charge in [-0.3, -0.25) is 4.57 Å². The zero-order chi connectivity index (χ0) is 6.69. The monoisotopic (exact) mass is 147 g/mol. The SMILES string of the molecule is O=c1occn1CCCl. The molecular formula is C5H6ClNO2. The van der Waals surface area contributed by atoms with E-state index in [9.17, 15) is 4.79 Å². The molecule has 4 heteroatoms.